The fourth-order valence-electron chi connectivity index (χ4n) is 2.61. The number of amides is 2. The lowest BCUT2D eigenvalue weighted by Crippen LogP contribution is -2.51. The van der Waals surface area contributed by atoms with Crippen LogP contribution in [-0.4, -0.2) is 64.3 Å². The monoisotopic (exact) mass is 318 g/mol. The van der Waals surface area contributed by atoms with Gasteiger partial charge in [-0.1, -0.05) is 0 Å². The molecule has 1 aliphatic heterocycles. The average Bonchev–Trinajstić information content (AvgIpc) is 2.98. The molecule has 8 heteroatoms. The maximum atomic E-state index is 12.2. The fourth-order valence-corrected chi connectivity index (χ4v) is 2.61. The molecule has 0 aromatic carbocycles. The largest absolute Gasteiger partial charge is 0.480 e. The number of nitrogens with one attached hydrogen (secondary N) is 2. The second-order valence-electron chi connectivity index (χ2n) is 5.36. The highest BCUT2D eigenvalue weighted by molar-refractivity contribution is 5.85. The van der Waals surface area contributed by atoms with Gasteiger partial charge in [0.15, 0.2) is 0 Å². The Balaban J connectivity index is 1.71. The van der Waals surface area contributed by atoms with Gasteiger partial charge in [0.25, 0.3) is 0 Å². The van der Waals surface area contributed by atoms with E-state index in [1.165, 1.54) is 0 Å². The molecule has 3 rings (SSSR count). The average molecular weight is 318 g/mol. The van der Waals surface area contributed by atoms with Gasteiger partial charge in [0.05, 0.1) is 13.2 Å². The maximum absolute atomic E-state index is 12.2. The van der Waals surface area contributed by atoms with Gasteiger partial charge in [0, 0.05) is 37.3 Å². The van der Waals surface area contributed by atoms with Crippen molar-refractivity contribution in [3.8, 4) is 0 Å². The van der Waals surface area contributed by atoms with Gasteiger partial charge >= 0.3 is 12.0 Å². The van der Waals surface area contributed by atoms with Gasteiger partial charge in [-0.3, -0.25) is 0 Å². The molecule has 2 aromatic heterocycles. The second-order valence-corrected chi connectivity index (χ2v) is 5.36. The summed E-state index contributed by atoms with van der Waals surface area (Å²) in [6.45, 7) is 1.88. The standard InChI is InChI=1S/C15H18N4O4/c20-14(21)12(18-15(22)19-4-6-23-7-5-19)8-10-9-17-13-11(10)2-1-3-16-13/h1-3,9,12H,4-8H2,(H,16,17)(H,18,22)(H,20,21). The van der Waals surface area contributed by atoms with E-state index in [0.717, 1.165) is 10.9 Å². The number of aromatic amines is 1. The zero-order valence-electron chi connectivity index (χ0n) is 12.5. The van der Waals surface area contributed by atoms with Crippen LogP contribution in [0.4, 0.5) is 4.79 Å². The molecule has 1 saturated heterocycles. The quantitative estimate of drug-likeness (QED) is 0.765. The Hall–Kier alpha value is -2.61. The molecule has 0 saturated carbocycles. The van der Waals surface area contributed by atoms with E-state index in [1.54, 1.807) is 23.4 Å². The first-order valence-corrected chi connectivity index (χ1v) is 7.42. The molecular weight excluding hydrogens is 300 g/mol. The first-order valence-electron chi connectivity index (χ1n) is 7.42. The summed E-state index contributed by atoms with van der Waals surface area (Å²) < 4.78 is 5.19. The van der Waals surface area contributed by atoms with E-state index in [9.17, 15) is 14.7 Å². The second kappa shape index (κ2) is 6.66. The molecule has 1 unspecified atom stereocenters. The number of rotatable bonds is 4. The lowest BCUT2D eigenvalue weighted by atomic mass is 10.1. The minimum atomic E-state index is -1.06. The Morgan fingerprint density at radius 2 is 2.22 bits per heavy atom. The molecule has 0 aliphatic carbocycles. The molecule has 0 bridgehead atoms. The summed E-state index contributed by atoms with van der Waals surface area (Å²) in [6, 6.07) is 2.29. The van der Waals surface area contributed by atoms with Gasteiger partial charge in [0.1, 0.15) is 11.7 Å². The number of urea groups is 1. The molecule has 0 spiro atoms. The van der Waals surface area contributed by atoms with Gasteiger partial charge < -0.3 is 25.0 Å². The van der Waals surface area contributed by atoms with Crippen LogP contribution in [0.2, 0.25) is 0 Å². The summed E-state index contributed by atoms with van der Waals surface area (Å²) in [5.74, 6) is -1.06. The summed E-state index contributed by atoms with van der Waals surface area (Å²) in [4.78, 5) is 32.4. The van der Waals surface area contributed by atoms with Crippen molar-refractivity contribution in [2.24, 2.45) is 0 Å². The van der Waals surface area contributed by atoms with Crippen molar-refractivity contribution in [2.75, 3.05) is 26.3 Å². The third kappa shape index (κ3) is 3.42. The molecule has 122 valence electrons. The number of carbonyl (C=O) groups excluding carboxylic acids is 1. The molecule has 23 heavy (non-hydrogen) atoms. The first-order chi connectivity index (χ1) is 11.1. The van der Waals surface area contributed by atoms with Crippen LogP contribution >= 0.6 is 0 Å². The highest BCUT2D eigenvalue weighted by Crippen LogP contribution is 2.17. The molecule has 2 amide bonds. The highest BCUT2D eigenvalue weighted by Gasteiger charge is 2.25. The van der Waals surface area contributed by atoms with Crippen LogP contribution in [0.5, 0.6) is 0 Å². The molecule has 0 radical (unpaired) electrons. The number of carboxylic acids is 1. The molecule has 1 aliphatic rings. The van der Waals surface area contributed by atoms with Gasteiger partial charge in [-0.15, -0.1) is 0 Å². The van der Waals surface area contributed by atoms with E-state index in [-0.39, 0.29) is 12.5 Å². The first kappa shape index (κ1) is 15.3. The molecule has 3 heterocycles. The van der Waals surface area contributed by atoms with Crippen molar-refractivity contribution in [2.45, 2.75) is 12.5 Å². The van der Waals surface area contributed by atoms with E-state index in [2.05, 4.69) is 15.3 Å². The topological polar surface area (TPSA) is 108 Å². The number of hydrogen-bond acceptors (Lipinski definition) is 4. The van der Waals surface area contributed by atoms with Crippen molar-refractivity contribution >= 4 is 23.0 Å². The van der Waals surface area contributed by atoms with Crippen molar-refractivity contribution in [1.82, 2.24) is 20.2 Å². The number of hydrogen-bond donors (Lipinski definition) is 3. The van der Waals surface area contributed by atoms with Crippen LogP contribution < -0.4 is 5.32 Å². The van der Waals surface area contributed by atoms with Crippen molar-refractivity contribution in [3.63, 3.8) is 0 Å². The van der Waals surface area contributed by atoms with Crippen LogP contribution in [0.15, 0.2) is 24.5 Å². The molecule has 2 aromatic rings. The highest BCUT2D eigenvalue weighted by atomic mass is 16.5. The van der Waals surface area contributed by atoms with Crippen LogP contribution in [0, 0.1) is 0 Å². The maximum Gasteiger partial charge on any atom is 0.326 e. The smallest absolute Gasteiger partial charge is 0.326 e. The summed E-state index contributed by atoms with van der Waals surface area (Å²) >= 11 is 0. The zero-order valence-corrected chi connectivity index (χ0v) is 12.5. The minimum Gasteiger partial charge on any atom is -0.480 e. The number of fused-ring (bicyclic) bond motifs is 1. The van der Waals surface area contributed by atoms with Crippen LogP contribution in [0.1, 0.15) is 5.56 Å². The fraction of sp³-hybridized carbons (Fsp3) is 0.400. The van der Waals surface area contributed by atoms with E-state index in [1.807, 2.05) is 6.07 Å². The van der Waals surface area contributed by atoms with E-state index < -0.39 is 12.0 Å². The lowest BCUT2D eigenvalue weighted by molar-refractivity contribution is -0.139. The summed E-state index contributed by atoms with van der Waals surface area (Å²) in [5.41, 5.74) is 1.51. The van der Waals surface area contributed by atoms with Crippen molar-refractivity contribution in [3.05, 3.63) is 30.1 Å². The molecular formula is C15H18N4O4. The Morgan fingerprint density at radius 3 is 2.96 bits per heavy atom. The molecule has 1 fully saturated rings. The number of H-pyrrole nitrogens is 1. The number of carbonyl (C=O) groups is 2. The summed E-state index contributed by atoms with van der Waals surface area (Å²) in [5, 5.41) is 12.9. The van der Waals surface area contributed by atoms with E-state index in [4.69, 9.17) is 4.74 Å². The zero-order chi connectivity index (χ0) is 16.2. The van der Waals surface area contributed by atoms with Gasteiger partial charge in [0.2, 0.25) is 0 Å². The number of morpholine rings is 1. The summed E-state index contributed by atoms with van der Waals surface area (Å²) in [6.07, 6.45) is 3.59. The van der Waals surface area contributed by atoms with Crippen molar-refractivity contribution < 1.29 is 19.4 Å². The SMILES string of the molecule is O=C(O)C(Cc1c[nH]c2ncccc12)NC(=O)N1CCOCC1. The number of ether oxygens (including phenoxy) is 1. The van der Waals surface area contributed by atoms with Crippen LogP contribution in [0.25, 0.3) is 11.0 Å². The number of pyridine rings is 1. The third-order valence-corrected chi connectivity index (χ3v) is 3.85. The number of carboxylic acid groups (broad SMARTS) is 1. The van der Waals surface area contributed by atoms with Crippen LogP contribution in [0.3, 0.4) is 0 Å². The normalized spacial score (nSPS) is 16.3. The third-order valence-electron chi connectivity index (χ3n) is 3.85. The Morgan fingerprint density at radius 1 is 1.43 bits per heavy atom. The van der Waals surface area contributed by atoms with Gasteiger partial charge in [-0.25, -0.2) is 14.6 Å². The molecule has 3 N–H and O–H groups in total. The number of nitrogens with zero attached hydrogens (tertiary/aromatic N) is 2. The Bertz CT molecular complexity index is 708. The number of aromatic nitrogens is 2. The Kier molecular flexibility index (Phi) is 4.42. The Labute approximate surface area is 132 Å². The van der Waals surface area contributed by atoms with Crippen LogP contribution in [-0.2, 0) is 16.0 Å². The molecule has 1 atom stereocenters. The predicted molar refractivity (Wildman–Crippen MR) is 82.1 cm³/mol. The van der Waals surface area contributed by atoms with E-state index >= 15 is 0 Å². The number of aliphatic carboxylic acids is 1. The predicted octanol–water partition coefficient (Wildman–Crippen LogP) is 0.600. The van der Waals surface area contributed by atoms with E-state index in [0.29, 0.717) is 32.0 Å². The minimum absolute atomic E-state index is 0.192. The van der Waals surface area contributed by atoms with Gasteiger partial charge in [-0.2, -0.15) is 0 Å². The molecule has 8 nitrogen and oxygen atoms in total. The van der Waals surface area contributed by atoms with Gasteiger partial charge in [-0.05, 0) is 17.7 Å². The summed E-state index contributed by atoms with van der Waals surface area (Å²) in [7, 11) is 0. The van der Waals surface area contributed by atoms with Crippen molar-refractivity contribution in [1.29, 1.82) is 0 Å². The lowest BCUT2D eigenvalue weighted by Gasteiger charge is -2.28.